The van der Waals surface area contributed by atoms with Crippen LogP contribution in [0.4, 0.5) is 0 Å². The fourth-order valence-corrected chi connectivity index (χ4v) is 4.40. The molecule has 2 heterocycles. The molecule has 0 saturated heterocycles. The lowest BCUT2D eigenvalue weighted by Gasteiger charge is -2.22. The van der Waals surface area contributed by atoms with Gasteiger partial charge in [0.2, 0.25) is 0 Å². The van der Waals surface area contributed by atoms with Crippen molar-refractivity contribution in [1.29, 1.82) is 0 Å². The fraction of sp³-hybridized carbons (Fsp3) is 0.562. The predicted octanol–water partition coefficient (Wildman–Crippen LogP) is 3.29. The van der Waals surface area contributed by atoms with Crippen LogP contribution >= 0.6 is 15.9 Å². The third-order valence-electron chi connectivity index (χ3n) is 4.74. The van der Waals surface area contributed by atoms with Crippen LogP contribution in [0.2, 0.25) is 0 Å². The smallest absolute Gasteiger partial charge is 0.303 e. The molecule has 1 atom stereocenters. The SMILES string of the molecule is O=C(O)CC(c1c2c(c(Br)c3c1OCC3)OCC2)C1CC1. The molecule has 1 saturated carbocycles. The van der Waals surface area contributed by atoms with Gasteiger partial charge in [-0.15, -0.1) is 0 Å². The van der Waals surface area contributed by atoms with Crippen molar-refractivity contribution < 1.29 is 19.4 Å². The number of ether oxygens (including phenoxy) is 2. The first-order valence-corrected chi connectivity index (χ1v) is 8.30. The van der Waals surface area contributed by atoms with Gasteiger partial charge in [-0.3, -0.25) is 4.79 Å². The zero-order valence-corrected chi connectivity index (χ0v) is 13.2. The molecule has 1 aromatic carbocycles. The lowest BCUT2D eigenvalue weighted by molar-refractivity contribution is -0.137. The molecule has 4 rings (SSSR count). The van der Waals surface area contributed by atoms with Gasteiger partial charge in [-0.25, -0.2) is 0 Å². The summed E-state index contributed by atoms with van der Waals surface area (Å²) in [7, 11) is 0. The summed E-state index contributed by atoms with van der Waals surface area (Å²) in [6.45, 7) is 1.35. The molecule has 1 aromatic rings. The molecule has 1 N–H and O–H groups in total. The zero-order valence-electron chi connectivity index (χ0n) is 11.7. The average Bonchev–Trinajstić information content (AvgIpc) is 2.98. The van der Waals surface area contributed by atoms with E-state index in [4.69, 9.17) is 9.47 Å². The van der Waals surface area contributed by atoms with Gasteiger partial charge in [0.25, 0.3) is 0 Å². The van der Waals surface area contributed by atoms with E-state index in [1.165, 1.54) is 5.56 Å². The second-order valence-corrected chi connectivity index (χ2v) is 6.87. The Morgan fingerprint density at radius 2 is 1.86 bits per heavy atom. The van der Waals surface area contributed by atoms with Crippen LogP contribution in [-0.2, 0) is 17.6 Å². The van der Waals surface area contributed by atoms with Gasteiger partial charge in [0.15, 0.2) is 0 Å². The van der Waals surface area contributed by atoms with Crippen LogP contribution in [0.15, 0.2) is 4.47 Å². The van der Waals surface area contributed by atoms with Gasteiger partial charge in [-0.2, -0.15) is 0 Å². The van der Waals surface area contributed by atoms with E-state index in [0.717, 1.165) is 52.8 Å². The number of hydrogen-bond acceptors (Lipinski definition) is 3. The molecule has 0 bridgehead atoms. The molecule has 2 aliphatic heterocycles. The normalized spacial score (nSPS) is 20.4. The molecule has 1 aliphatic carbocycles. The Bertz CT molecular complexity index is 586. The summed E-state index contributed by atoms with van der Waals surface area (Å²) in [5.41, 5.74) is 3.45. The van der Waals surface area contributed by atoms with Crippen molar-refractivity contribution in [2.24, 2.45) is 5.92 Å². The largest absolute Gasteiger partial charge is 0.493 e. The van der Waals surface area contributed by atoms with Crippen LogP contribution in [-0.4, -0.2) is 24.3 Å². The minimum Gasteiger partial charge on any atom is -0.493 e. The number of hydrogen-bond donors (Lipinski definition) is 1. The van der Waals surface area contributed by atoms with Gasteiger partial charge in [0.1, 0.15) is 11.5 Å². The Kier molecular flexibility index (Phi) is 3.14. The monoisotopic (exact) mass is 352 g/mol. The number of aliphatic carboxylic acids is 1. The molecule has 112 valence electrons. The van der Waals surface area contributed by atoms with E-state index < -0.39 is 5.97 Å². The highest BCUT2D eigenvalue weighted by atomic mass is 79.9. The van der Waals surface area contributed by atoms with Crippen LogP contribution in [0, 0.1) is 5.92 Å². The minimum atomic E-state index is -0.728. The number of fused-ring (bicyclic) bond motifs is 2. The summed E-state index contributed by atoms with van der Waals surface area (Å²) < 4.78 is 12.7. The maximum atomic E-state index is 11.3. The van der Waals surface area contributed by atoms with Crippen LogP contribution in [0.1, 0.15) is 41.9 Å². The highest BCUT2D eigenvalue weighted by Gasteiger charge is 2.41. The topological polar surface area (TPSA) is 55.8 Å². The number of benzene rings is 1. The molecule has 0 spiro atoms. The Morgan fingerprint density at radius 1 is 1.19 bits per heavy atom. The van der Waals surface area contributed by atoms with Crippen LogP contribution in [0.3, 0.4) is 0 Å². The van der Waals surface area contributed by atoms with Crippen molar-refractivity contribution in [2.75, 3.05) is 13.2 Å². The van der Waals surface area contributed by atoms with E-state index in [0.29, 0.717) is 19.1 Å². The van der Waals surface area contributed by atoms with E-state index in [-0.39, 0.29) is 12.3 Å². The van der Waals surface area contributed by atoms with Crippen LogP contribution in [0.5, 0.6) is 11.5 Å². The maximum absolute atomic E-state index is 11.3. The van der Waals surface area contributed by atoms with Crippen molar-refractivity contribution in [3.05, 3.63) is 21.2 Å². The third-order valence-corrected chi connectivity index (χ3v) is 5.57. The average molecular weight is 353 g/mol. The van der Waals surface area contributed by atoms with Gasteiger partial charge in [0, 0.05) is 35.4 Å². The highest BCUT2D eigenvalue weighted by molar-refractivity contribution is 9.10. The Labute approximate surface area is 131 Å². The molecule has 3 aliphatic rings. The van der Waals surface area contributed by atoms with Crippen molar-refractivity contribution >= 4 is 21.9 Å². The van der Waals surface area contributed by atoms with Crippen LogP contribution < -0.4 is 9.47 Å². The van der Waals surface area contributed by atoms with E-state index in [1.807, 2.05) is 0 Å². The van der Waals surface area contributed by atoms with Gasteiger partial charge in [0.05, 0.1) is 24.1 Å². The summed E-state index contributed by atoms with van der Waals surface area (Å²) >= 11 is 3.65. The number of carboxylic acid groups (broad SMARTS) is 1. The van der Waals surface area contributed by atoms with Crippen molar-refractivity contribution in [3.63, 3.8) is 0 Å². The first-order chi connectivity index (χ1) is 10.2. The third kappa shape index (κ3) is 2.13. The number of carbonyl (C=O) groups is 1. The van der Waals surface area contributed by atoms with Crippen molar-refractivity contribution in [1.82, 2.24) is 0 Å². The lowest BCUT2D eigenvalue weighted by Crippen LogP contribution is -2.12. The van der Waals surface area contributed by atoms with E-state index in [1.54, 1.807) is 0 Å². The second kappa shape index (κ2) is 4.90. The summed E-state index contributed by atoms with van der Waals surface area (Å²) in [5.74, 6) is 1.68. The zero-order chi connectivity index (χ0) is 14.6. The Morgan fingerprint density at radius 3 is 2.52 bits per heavy atom. The lowest BCUT2D eigenvalue weighted by atomic mass is 9.84. The van der Waals surface area contributed by atoms with Gasteiger partial charge in [-0.05, 0) is 34.7 Å². The molecule has 0 radical (unpaired) electrons. The highest BCUT2D eigenvalue weighted by Crippen LogP contribution is 2.55. The molecule has 0 amide bonds. The molecule has 21 heavy (non-hydrogen) atoms. The summed E-state index contributed by atoms with van der Waals surface area (Å²) in [4.78, 5) is 11.3. The minimum absolute atomic E-state index is 0.0675. The van der Waals surface area contributed by atoms with Gasteiger partial charge < -0.3 is 14.6 Å². The quantitative estimate of drug-likeness (QED) is 0.903. The van der Waals surface area contributed by atoms with Crippen molar-refractivity contribution in [2.45, 2.75) is 38.0 Å². The Balaban J connectivity index is 1.89. The summed E-state index contributed by atoms with van der Waals surface area (Å²) in [5, 5.41) is 9.29. The maximum Gasteiger partial charge on any atom is 0.303 e. The number of halogens is 1. The Hall–Kier alpha value is -1.23. The molecule has 4 nitrogen and oxygen atoms in total. The molecular formula is C16H17BrO4. The first kappa shape index (κ1) is 13.4. The molecule has 1 fully saturated rings. The summed E-state index contributed by atoms with van der Waals surface area (Å²) in [6.07, 6.45) is 4.15. The molecule has 1 unspecified atom stereocenters. The molecule has 5 heteroatoms. The van der Waals surface area contributed by atoms with Gasteiger partial charge >= 0.3 is 5.97 Å². The second-order valence-electron chi connectivity index (χ2n) is 6.08. The molecule has 0 aromatic heterocycles. The standard InChI is InChI=1S/C16H17BrO4/c17-14-10-4-6-20-15(10)13(9-3-5-21-16(9)14)11(7-12(18)19)8-1-2-8/h8,11H,1-7H2,(H,18,19). The van der Waals surface area contributed by atoms with Crippen molar-refractivity contribution in [3.8, 4) is 11.5 Å². The number of rotatable bonds is 4. The van der Waals surface area contributed by atoms with Crippen LogP contribution in [0.25, 0.3) is 0 Å². The predicted molar refractivity (Wildman–Crippen MR) is 80.3 cm³/mol. The van der Waals surface area contributed by atoms with E-state index in [2.05, 4.69) is 15.9 Å². The van der Waals surface area contributed by atoms with E-state index >= 15 is 0 Å². The van der Waals surface area contributed by atoms with E-state index in [9.17, 15) is 9.90 Å². The van der Waals surface area contributed by atoms with Gasteiger partial charge in [-0.1, -0.05) is 0 Å². The first-order valence-electron chi connectivity index (χ1n) is 7.51. The summed E-state index contributed by atoms with van der Waals surface area (Å²) in [6, 6.07) is 0. The number of carboxylic acids is 1. The fourth-order valence-electron chi connectivity index (χ4n) is 3.67. The molecular weight excluding hydrogens is 336 g/mol.